The van der Waals surface area contributed by atoms with Crippen LogP contribution >= 0.6 is 0 Å². The van der Waals surface area contributed by atoms with Gasteiger partial charge in [0.25, 0.3) is 0 Å². The van der Waals surface area contributed by atoms with Gasteiger partial charge in [0.15, 0.2) is 0 Å². The number of carboxylic acids is 1. The van der Waals surface area contributed by atoms with Crippen molar-refractivity contribution in [2.24, 2.45) is 5.92 Å². The van der Waals surface area contributed by atoms with Crippen LogP contribution in [0.5, 0.6) is 0 Å². The van der Waals surface area contributed by atoms with Gasteiger partial charge in [-0.3, -0.25) is 9.52 Å². The molecule has 128 valence electrons. The number of nitrogens with one attached hydrogen (secondary N) is 1. The Morgan fingerprint density at radius 1 is 1.35 bits per heavy atom. The van der Waals surface area contributed by atoms with E-state index in [1.54, 1.807) is 31.2 Å². The van der Waals surface area contributed by atoms with E-state index in [1.807, 2.05) is 0 Å². The SMILES string of the molecule is C[C@H](Cc1ccc(NS(=O)(=O)C[C@@H]2CCCCO2)cc1)C(=O)O. The summed E-state index contributed by atoms with van der Waals surface area (Å²) in [6, 6.07) is 6.80. The van der Waals surface area contributed by atoms with Crippen LogP contribution in [-0.4, -0.2) is 38.0 Å². The zero-order valence-electron chi connectivity index (χ0n) is 13.2. The molecule has 2 atom stereocenters. The van der Waals surface area contributed by atoms with Gasteiger partial charge in [-0.1, -0.05) is 19.1 Å². The molecule has 1 fully saturated rings. The summed E-state index contributed by atoms with van der Waals surface area (Å²) in [5.41, 5.74) is 1.34. The average molecular weight is 341 g/mol. The van der Waals surface area contributed by atoms with Crippen LogP contribution in [0.3, 0.4) is 0 Å². The van der Waals surface area contributed by atoms with E-state index in [4.69, 9.17) is 9.84 Å². The van der Waals surface area contributed by atoms with E-state index in [0.29, 0.717) is 18.7 Å². The third-order valence-electron chi connectivity index (χ3n) is 3.87. The monoisotopic (exact) mass is 341 g/mol. The minimum absolute atomic E-state index is 0.0369. The van der Waals surface area contributed by atoms with Gasteiger partial charge >= 0.3 is 5.97 Å². The molecule has 0 aromatic heterocycles. The van der Waals surface area contributed by atoms with Crippen molar-refractivity contribution in [1.82, 2.24) is 0 Å². The smallest absolute Gasteiger partial charge is 0.306 e. The second-order valence-corrected chi connectivity index (χ2v) is 7.78. The number of ether oxygens (including phenoxy) is 1. The highest BCUT2D eigenvalue weighted by atomic mass is 32.2. The van der Waals surface area contributed by atoms with Gasteiger partial charge in [-0.25, -0.2) is 8.42 Å². The van der Waals surface area contributed by atoms with E-state index >= 15 is 0 Å². The molecular formula is C16H23NO5S. The first kappa shape index (κ1) is 17.7. The first-order chi connectivity index (χ1) is 10.9. The summed E-state index contributed by atoms with van der Waals surface area (Å²) in [6.07, 6.45) is 2.93. The minimum atomic E-state index is -3.45. The summed E-state index contributed by atoms with van der Waals surface area (Å²) >= 11 is 0. The predicted octanol–water partition coefficient (Wildman–Crippen LogP) is 2.26. The number of hydrogen-bond donors (Lipinski definition) is 2. The highest BCUT2D eigenvalue weighted by molar-refractivity contribution is 7.92. The number of rotatable bonds is 7. The fraction of sp³-hybridized carbons (Fsp3) is 0.562. The van der Waals surface area contributed by atoms with Gasteiger partial charge in [0.2, 0.25) is 10.0 Å². The van der Waals surface area contributed by atoms with Gasteiger partial charge in [0, 0.05) is 12.3 Å². The van der Waals surface area contributed by atoms with Gasteiger partial charge in [-0.2, -0.15) is 0 Å². The zero-order valence-corrected chi connectivity index (χ0v) is 14.0. The Morgan fingerprint density at radius 2 is 2.04 bits per heavy atom. The summed E-state index contributed by atoms with van der Waals surface area (Å²) in [5, 5.41) is 8.90. The largest absolute Gasteiger partial charge is 0.481 e. The molecule has 0 bridgehead atoms. The van der Waals surface area contributed by atoms with Crippen LogP contribution < -0.4 is 4.72 Å². The van der Waals surface area contributed by atoms with Gasteiger partial charge in [0.1, 0.15) is 0 Å². The number of aliphatic carboxylic acids is 1. The second-order valence-electron chi connectivity index (χ2n) is 6.01. The van der Waals surface area contributed by atoms with Crippen LogP contribution in [-0.2, 0) is 26.0 Å². The molecule has 0 radical (unpaired) electrons. The van der Waals surface area contributed by atoms with Crippen molar-refractivity contribution in [3.8, 4) is 0 Å². The highest BCUT2D eigenvalue weighted by Crippen LogP contribution is 2.18. The van der Waals surface area contributed by atoms with Crippen LogP contribution in [0.4, 0.5) is 5.69 Å². The molecule has 1 aromatic carbocycles. The number of carbonyl (C=O) groups is 1. The third kappa shape index (κ3) is 5.84. The molecule has 7 heteroatoms. The molecule has 2 N–H and O–H groups in total. The van der Waals surface area contributed by atoms with Crippen LogP contribution in [0.2, 0.25) is 0 Å². The Bertz CT molecular complexity index is 620. The molecule has 1 aromatic rings. The van der Waals surface area contributed by atoms with E-state index in [2.05, 4.69) is 4.72 Å². The third-order valence-corrected chi connectivity index (χ3v) is 5.23. The molecule has 1 aliphatic heterocycles. The Morgan fingerprint density at radius 3 is 2.61 bits per heavy atom. The van der Waals surface area contributed by atoms with Crippen LogP contribution in [0.1, 0.15) is 31.7 Å². The van der Waals surface area contributed by atoms with Crippen molar-refractivity contribution in [3.63, 3.8) is 0 Å². The standard InChI is InChI=1S/C16H23NO5S/c1-12(16(18)19)10-13-5-7-14(8-6-13)17-23(20,21)11-15-4-2-3-9-22-15/h5-8,12,15,17H,2-4,9-11H2,1H3,(H,18,19)/t12-,15+/m1/s1. The molecule has 23 heavy (non-hydrogen) atoms. The molecule has 0 aliphatic carbocycles. The van der Waals surface area contributed by atoms with Crippen LogP contribution in [0.15, 0.2) is 24.3 Å². The van der Waals surface area contributed by atoms with E-state index in [-0.39, 0.29) is 11.9 Å². The Balaban J connectivity index is 1.92. The van der Waals surface area contributed by atoms with Gasteiger partial charge in [0.05, 0.1) is 17.8 Å². The van der Waals surface area contributed by atoms with Crippen molar-refractivity contribution >= 4 is 21.7 Å². The van der Waals surface area contributed by atoms with Gasteiger partial charge < -0.3 is 9.84 Å². The lowest BCUT2D eigenvalue weighted by Crippen LogP contribution is -2.30. The molecule has 0 spiro atoms. The van der Waals surface area contributed by atoms with Gasteiger partial charge in [-0.05, 0) is 43.4 Å². The van der Waals surface area contributed by atoms with Crippen molar-refractivity contribution in [2.45, 2.75) is 38.7 Å². The van der Waals surface area contributed by atoms with E-state index < -0.39 is 21.9 Å². The Labute approximate surface area is 136 Å². The van der Waals surface area contributed by atoms with Crippen molar-refractivity contribution in [2.75, 3.05) is 17.1 Å². The summed E-state index contributed by atoms with van der Waals surface area (Å²) in [7, 11) is -3.45. The van der Waals surface area contributed by atoms with Crippen LogP contribution in [0, 0.1) is 5.92 Å². The van der Waals surface area contributed by atoms with Gasteiger partial charge in [-0.15, -0.1) is 0 Å². The lowest BCUT2D eigenvalue weighted by molar-refractivity contribution is -0.141. The summed E-state index contributed by atoms with van der Waals surface area (Å²) < 4.78 is 32.3. The lowest BCUT2D eigenvalue weighted by Gasteiger charge is -2.22. The topological polar surface area (TPSA) is 92.7 Å². The lowest BCUT2D eigenvalue weighted by atomic mass is 10.0. The Kier molecular flexibility index (Phi) is 6.01. The summed E-state index contributed by atoms with van der Waals surface area (Å²) in [6.45, 7) is 2.26. The zero-order chi connectivity index (χ0) is 16.9. The molecule has 6 nitrogen and oxygen atoms in total. The highest BCUT2D eigenvalue weighted by Gasteiger charge is 2.22. The molecule has 2 rings (SSSR count). The molecule has 0 amide bonds. The molecule has 1 saturated heterocycles. The molecule has 0 saturated carbocycles. The minimum Gasteiger partial charge on any atom is -0.481 e. The fourth-order valence-electron chi connectivity index (χ4n) is 2.55. The van der Waals surface area contributed by atoms with Crippen molar-refractivity contribution in [1.29, 1.82) is 0 Å². The van der Waals surface area contributed by atoms with Crippen molar-refractivity contribution in [3.05, 3.63) is 29.8 Å². The number of sulfonamides is 1. The number of carboxylic acid groups (broad SMARTS) is 1. The quantitative estimate of drug-likeness (QED) is 0.793. The maximum absolute atomic E-state index is 12.2. The number of benzene rings is 1. The summed E-state index contributed by atoms with van der Waals surface area (Å²) in [5.74, 6) is -1.35. The first-order valence-corrected chi connectivity index (χ1v) is 9.45. The first-order valence-electron chi connectivity index (χ1n) is 7.79. The maximum atomic E-state index is 12.2. The normalized spacial score (nSPS) is 20.0. The number of hydrogen-bond acceptors (Lipinski definition) is 4. The van der Waals surface area contributed by atoms with Crippen LogP contribution in [0.25, 0.3) is 0 Å². The average Bonchev–Trinajstić information content (AvgIpc) is 2.49. The van der Waals surface area contributed by atoms with Crippen molar-refractivity contribution < 1.29 is 23.1 Å². The molecule has 0 unspecified atom stereocenters. The predicted molar refractivity (Wildman–Crippen MR) is 87.9 cm³/mol. The summed E-state index contributed by atoms with van der Waals surface area (Å²) in [4.78, 5) is 10.8. The fourth-order valence-corrected chi connectivity index (χ4v) is 3.89. The van der Waals surface area contributed by atoms with E-state index in [0.717, 1.165) is 24.8 Å². The molecule has 1 aliphatic rings. The maximum Gasteiger partial charge on any atom is 0.306 e. The number of anilines is 1. The molecule has 1 heterocycles. The second kappa shape index (κ2) is 7.79. The van der Waals surface area contributed by atoms with E-state index in [1.165, 1.54) is 0 Å². The molecular weight excluding hydrogens is 318 g/mol. The Hall–Kier alpha value is -1.60. The van der Waals surface area contributed by atoms with E-state index in [9.17, 15) is 13.2 Å².